The molecular formula is C17H20ClNO5. The first kappa shape index (κ1) is 19.8. The SMILES string of the molecule is CCC(C)OC(=O)CC(C#N)(CC(=O)O)c1ccc(OC)c(Cl)c1. The summed E-state index contributed by atoms with van der Waals surface area (Å²) in [6, 6.07) is 6.48. The molecule has 0 fully saturated rings. The van der Waals surface area contributed by atoms with Gasteiger partial charge in [0.05, 0.1) is 37.1 Å². The highest BCUT2D eigenvalue weighted by molar-refractivity contribution is 6.32. The number of methoxy groups -OCH3 is 1. The first-order valence-electron chi connectivity index (χ1n) is 7.44. The number of carboxylic acid groups (broad SMARTS) is 1. The smallest absolute Gasteiger partial charge is 0.308 e. The minimum absolute atomic E-state index is 0.232. The van der Waals surface area contributed by atoms with E-state index in [-0.39, 0.29) is 17.5 Å². The maximum absolute atomic E-state index is 12.1. The van der Waals surface area contributed by atoms with Gasteiger partial charge in [-0.15, -0.1) is 0 Å². The second kappa shape index (κ2) is 8.55. The Morgan fingerprint density at radius 2 is 2.08 bits per heavy atom. The number of ether oxygens (including phenoxy) is 2. The van der Waals surface area contributed by atoms with Gasteiger partial charge in [0.1, 0.15) is 11.2 Å². The second-order valence-corrected chi connectivity index (χ2v) is 5.91. The summed E-state index contributed by atoms with van der Waals surface area (Å²) in [7, 11) is 1.44. The number of carboxylic acids is 1. The van der Waals surface area contributed by atoms with Gasteiger partial charge < -0.3 is 14.6 Å². The van der Waals surface area contributed by atoms with Crippen LogP contribution in [0.3, 0.4) is 0 Å². The molecule has 0 aliphatic carbocycles. The van der Waals surface area contributed by atoms with Crippen molar-refractivity contribution in [1.82, 2.24) is 0 Å². The van der Waals surface area contributed by atoms with E-state index in [0.717, 1.165) is 0 Å². The van der Waals surface area contributed by atoms with Crippen LogP contribution in [0, 0.1) is 11.3 Å². The van der Waals surface area contributed by atoms with Crippen LogP contribution in [0.2, 0.25) is 5.02 Å². The number of nitrogens with zero attached hydrogens (tertiary/aromatic N) is 1. The first-order chi connectivity index (χ1) is 11.3. The Balaban J connectivity index is 3.24. The fourth-order valence-corrected chi connectivity index (χ4v) is 2.49. The van der Waals surface area contributed by atoms with Crippen molar-refractivity contribution in [1.29, 1.82) is 5.26 Å². The zero-order chi connectivity index (χ0) is 18.3. The molecular weight excluding hydrogens is 334 g/mol. The van der Waals surface area contributed by atoms with E-state index >= 15 is 0 Å². The van der Waals surface area contributed by atoms with Crippen LogP contribution in [0.25, 0.3) is 0 Å². The summed E-state index contributed by atoms with van der Waals surface area (Å²) in [6.45, 7) is 3.59. The van der Waals surface area contributed by atoms with Crippen molar-refractivity contribution in [2.24, 2.45) is 0 Å². The number of halogens is 1. The quantitative estimate of drug-likeness (QED) is 0.720. The molecule has 0 amide bonds. The molecule has 24 heavy (non-hydrogen) atoms. The highest BCUT2D eigenvalue weighted by Gasteiger charge is 2.39. The molecule has 0 aliphatic heterocycles. The lowest BCUT2D eigenvalue weighted by Gasteiger charge is -2.25. The molecule has 1 aromatic carbocycles. The first-order valence-corrected chi connectivity index (χ1v) is 7.82. The summed E-state index contributed by atoms with van der Waals surface area (Å²) in [6.07, 6.45) is -0.596. The number of benzene rings is 1. The Labute approximate surface area is 145 Å². The Bertz CT molecular complexity index is 655. The summed E-state index contributed by atoms with van der Waals surface area (Å²) in [5, 5.41) is 19.1. The minimum Gasteiger partial charge on any atom is -0.495 e. The largest absolute Gasteiger partial charge is 0.495 e. The number of carbonyl (C=O) groups excluding carboxylic acids is 1. The van der Waals surface area contributed by atoms with E-state index in [4.69, 9.17) is 21.1 Å². The van der Waals surface area contributed by atoms with Gasteiger partial charge >= 0.3 is 11.9 Å². The molecule has 0 aliphatic rings. The molecule has 0 spiro atoms. The molecule has 0 saturated heterocycles. The zero-order valence-electron chi connectivity index (χ0n) is 13.8. The standard InChI is InChI=1S/C17H20ClNO5/c1-4-11(2)24-16(22)9-17(10-19,8-15(20)21)12-5-6-14(23-3)13(18)7-12/h5-7,11H,4,8-9H2,1-3H3,(H,20,21). The Hall–Kier alpha value is -2.26. The summed E-state index contributed by atoms with van der Waals surface area (Å²) in [5.74, 6) is -1.43. The molecule has 1 rings (SSSR count). The molecule has 2 atom stereocenters. The lowest BCUT2D eigenvalue weighted by Crippen LogP contribution is -2.32. The van der Waals surface area contributed by atoms with Gasteiger partial charge in [0, 0.05) is 0 Å². The van der Waals surface area contributed by atoms with E-state index < -0.39 is 23.8 Å². The average Bonchev–Trinajstić information content (AvgIpc) is 2.53. The maximum atomic E-state index is 12.1. The molecule has 0 radical (unpaired) electrons. The number of aliphatic carboxylic acids is 1. The lowest BCUT2D eigenvalue weighted by molar-refractivity contribution is -0.149. The van der Waals surface area contributed by atoms with E-state index in [1.807, 2.05) is 13.0 Å². The van der Waals surface area contributed by atoms with Gasteiger partial charge in [0.2, 0.25) is 0 Å². The molecule has 0 bridgehead atoms. The van der Waals surface area contributed by atoms with Crippen molar-refractivity contribution in [3.05, 3.63) is 28.8 Å². The van der Waals surface area contributed by atoms with Gasteiger partial charge in [-0.1, -0.05) is 24.6 Å². The third kappa shape index (κ3) is 4.87. The van der Waals surface area contributed by atoms with Gasteiger partial charge in [0.15, 0.2) is 0 Å². The van der Waals surface area contributed by atoms with Gasteiger partial charge in [-0.05, 0) is 31.0 Å². The highest BCUT2D eigenvalue weighted by Crippen LogP contribution is 2.36. The number of hydrogen-bond acceptors (Lipinski definition) is 5. The average molecular weight is 354 g/mol. The van der Waals surface area contributed by atoms with Crippen LogP contribution in [0.1, 0.15) is 38.7 Å². The van der Waals surface area contributed by atoms with Crippen LogP contribution in [-0.4, -0.2) is 30.3 Å². The van der Waals surface area contributed by atoms with E-state index in [1.165, 1.54) is 25.3 Å². The number of rotatable bonds is 8. The zero-order valence-corrected chi connectivity index (χ0v) is 14.6. The van der Waals surface area contributed by atoms with E-state index in [9.17, 15) is 20.0 Å². The third-order valence-corrected chi connectivity index (χ3v) is 4.02. The minimum atomic E-state index is -1.56. The molecule has 0 aromatic heterocycles. The fraction of sp³-hybridized carbons (Fsp3) is 0.471. The van der Waals surface area contributed by atoms with Crippen LogP contribution in [-0.2, 0) is 19.7 Å². The van der Waals surface area contributed by atoms with E-state index in [0.29, 0.717) is 17.7 Å². The molecule has 0 heterocycles. The van der Waals surface area contributed by atoms with E-state index in [2.05, 4.69) is 0 Å². The monoisotopic (exact) mass is 353 g/mol. The van der Waals surface area contributed by atoms with Crippen molar-refractivity contribution in [3.8, 4) is 11.8 Å². The third-order valence-electron chi connectivity index (χ3n) is 3.73. The summed E-state index contributed by atoms with van der Waals surface area (Å²) < 4.78 is 10.2. The van der Waals surface area contributed by atoms with Crippen LogP contribution in [0.4, 0.5) is 0 Å². The van der Waals surface area contributed by atoms with Crippen LogP contribution < -0.4 is 4.74 Å². The number of esters is 1. The summed E-state index contributed by atoms with van der Waals surface area (Å²) in [5.41, 5.74) is -1.23. The second-order valence-electron chi connectivity index (χ2n) is 5.50. The van der Waals surface area contributed by atoms with Crippen molar-refractivity contribution in [3.63, 3.8) is 0 Å². The van der Waals surface area contributed by atoms with Crippen molar-refractivity contribution in [2.45, 2.75) is 44.6 Å². The Morgan fingerprint density at radius 1 is 1.42 bits per heavy atom. The predicted octanol–water partition coefficient (Wildman–Crippen LogP) is 3.32. The fourth-order valence-electron chi connectivity index (χ4n) is 2.23. The van der Waals surface area contributed by atoms with Gasteiger partial charge in [0.25, 0.3) is 0 Å². The number of nitriles is 1. The highest BCUT2D eigenvalue weighted by atomic mass is 35.5. The topological polar surface area (TPSA) is 96.6 Å². The van der Waals surface area contributed by atoms with Crippen LogP contribution in [0.5, 0.6) is 5.75 Å². The summed E-state index contributed by atoms with van der Waals surface area (Å²) >= 11 is 6.07. The Morgan fingerprint density at radius 3 is 2.54 bits per heavy atom. The normalized spacial score (nSPS) is 14.1. The van der Waals surface area contributed by atoms with Crippen molar-refractivity contribution in [2.75, 3.05) is 7.11 Å². The maximum Gasteiger partial charge on any atom is 0.308 e. The number of hydrogen-bond donors (Lipinski definition) is 1. The molecule has 0 saturated carbocycles. The molecule has 6 nitrogen and oxygen atoms in total. The Kier molecular flexibility index (Phi) is 7.05. The van der Waals surface area contributed by atoms with Crippen LogP contribution >= 0.6 is 11.6 Å². The molecule has 130 valence electrons. The van der Waals surface area contributed by atoms with Gasteiger partial charge in [-0.2, -0.15) is 5.26 Å². The molecule has 7 heteroatoms. The molecule has 2 unspecified atom stereocenters. The molecule has 1 aromatic rings. The van der Waals surface area contributed by atoms with Crippen LogP contribution in [0.15, 0.2) is 18.2 Å². The predicted molar refractivity (Wildman–Crippen MR) is 88.0 cm³/mol. The van der Waals surface area contributed by atoms with Gasteiger partial charge in [-0.3, -0.25) is 9.59 Å². The summed E-state index contributed by atoms with van der Waals surface area (Å²) in [4.78, 5) is 23.4. The lowest BCUT2D eigenvalue weighted by atomic mass is 9.76. The molecule has 1 N–H and O–H groups in total. The van der Waals surface area contributed by atoms with Crippen molar-refractivity contribution < 1.29 is 24.2 Å². The number of carbonyl (C=O) groups is 2. The van der Waals surface area contributed by atoms with Crippen molar-refractivity contribution >= 4 is 23.5 Å². The van der Waals surface area contributed by atoms with Gasteiger partial charge in [-0.25, -0.2) is 0 Å². The van der Waals surface area contributed by atoms with E-state index in [1.54, 1.807) is 6.92 Å².